The first-order chi connectivity index (χ1) is 10.9. The highest BCUT2D eigenvalue weighted by Crippen LogP contribution is 2.44. The van der Waals surface area contributed by atoms with Gasteiger partial charge in [-0.1, -0.05) is 11.6 Å². The Bertz CT molecular complexity index is 691. The summed E-state index contributed by atoms with van der Waals surface area (Å²) in [6.07, 6.45) is 2.76. The predicted molar refractivity (Wildman–Crippen MR) is 85.6 cm³/mol. The molecule has 6 heteroatoms. The van der Waals surface area contributed by atoms with Crippen LogP contribution in [0.1, 0.15) is 48.2 Å². The number of fused-ring (bicyclic) bond motifs is 1. The van der Waals surface area contributed by atoms with Crippen molar-refractivity contribution in [1.82, 2.24) is 0 Å². The fourth-order valence-corrected chi connectivity index (χ4v) is 2.47. The average Bonchev–Trinajstić information content (AvgIpc) is 2.92. The van der Waals surface area contributed by atoms with Gasteiger partial charge in [0.25, 0.3) is 0 Å². The molecule has 124 valence electrons. The molecule has 1 aromatic rings. The van der Waals surface area contributed by atoms with Crippen LogP contribution >= 0.6 is 0 Å². The SMILES string of the molecule is CC=C(C)CCC(=O)Oc1c(N)c2c(c(C)c1OC)COC2=O. The van der Waals surface area contributed by atoms with Crippen LogP contribution in [0.2, 0.25) is 0 Å². The summed E-state index contributed by atoms with van der Waals surface area (Å²) in [6, 6.07) is 0. The molecule has 1 aromatic carbocycles. The van der Waals surface area contributed by atoms with Crippen molar-refractivity contribution in [2.45, 2.75) is 40.2 Å². The van der Waals surface area contributed by atoms with E-state index in [9.17, 15) is 9.59 Å². The molecule has 0 bridgehead atoms. The highest BCUT2D eigenvalue weighted by Gasteiger charge is 2.32. The Morgan fingerprint density at radius 3 is 2.65 bits per heavy atom. The quantitative estimate of drug-likeness (QED) is 0.388. The lowest BCUT2D eigenvalue weighted by Crippen LogP contribution is -2.13. The smallest absolute Gasteiger partial charge is 0.341 e. The average molecular weight is 319 g/mol. The minimum Gasteiger partial charge on any atom is -0.492 e. The van der Waals surface area contributed by atoms with E-state index in [-0.39, 0.29) is 30.0 Å². The molecule has 1 aliphatic rings. The number of rotatable bonds is 5. The van der Waals surface area contributed by atoms with Crippen LogP contribution < -0.4 is 15.2 Å². The Morgan fingerprint density at radius 2 is 2.04 bits per heavy atom. The summed E-state index contributed by atoms with van der Waals surface area (Å²) in [7, 11) is 1.47. The number of nitrogens with two attached hydrogens (primary N) is 1. The molecule has 0 fully saturated rings. The standard InChI is InChI=1S/C17H21NO5/c1-5-9(2)6-7-12(19)23-16-14(18)13-11(8-22-17(13)20)10(3)15(16)21-4/h5H,6-8,18H2,1-4H3. The number of allylic oxidation sites excluding steroid dienone is 2. The fraction of sp³-hybridized carbons (Fsp3) is 0.412. The third-order valence-corrected chi connectivity index (χ3v) is 4.00. The van der Waals surface area contributed by atoms with Crippen molar-refractivity contribution in [3.8, 4) is 11.5 Å². The summed E-state index contributed by atoms with van der Waals surface area (Å²) >= 11 is 0. The predicted octanol–water partition coefficient (Wildman–Crippen LogP) is 2.91. The molecule has 0 saturated heterocycles. The first-order valence-corrected chi connectivity index (χ1v) is 7.39. The molecular weight excluding hydrogens is 298 g/mol. The van der Waals surface area contributed by atoms with Crippen molar-refractivity contribution in [3.63, 3.8) is 0 Å². The molecule has 0 aliphatic carbocycles. The van der Waals surface area contributed by atoms with E-state index in [4.69, 9.17) is 19.9 Å². The fourth-order valence-electron chi connectivity index (χ4n) is 2.47. The van der Waals surface area contributed by atoms with Gasteiger partial charge in [0.1, 0.15) is 6.61 Å². The van der Waals surface area contributed by atoms with Gasteiger partial charge in [0.2, 0.25) is 0 Å². The van der Waals surface area contributed by atoms with Crippen LogP contribution in [-0.4, -0.2) is 19.0 Å². The van der Waals surface area contributed by atoms with Crippen LogP contribution in [0.15, 0.2) is 11.6 Å². The molecule has 1 heterocycles. The van der Waals surface area contributed by atoms with E-state index in [0.717, 1.165) is 5.57 Å². The zero-order valence-corrected chi connectivity index (χ0v) is 13.8. The van der Waals surface area contributed by atoms with Gasteiger partial charge in [0, 0.05) is 17.5 Å². The number of ether oxygens (including phenoxy) is 3. The molecule has 0 unspecified atom stereocenters. The molecule has 0 atom stereocenters. The van der Waals surface area contributed by atoms with Crippen LogP contribution in [0.25, 0.3) is 0 Å². The van der Waals surface area contributed by atoms with E-state index >= 15 is 0 Å². The van der Waals surface area contributed by atoms with Crippen LogP contribution in [0, 0.1) is 6.92 Å². The zero-order valence-electron chi connectivity index (χ0n) is 13.8. The summed E-state index contributed by atoms with van der Waals surface area (Å²) in [5.41, 5.74) is 8.83. The number of cyclic esters (lactones) is 1. The second-order valence-electron chi connectivity index (χ2n) is 5.44. The van der Waals surface area contributed by atoms with E-state index < -0.39 is 11.9 Å². The Labute approximate surface area is 135 Å². The van der Waals surface area contributed by atoms with Gasteiger partial charge < -0.3 is 19.9 Å². The third kappa shape index (κ3) is 3.16. The number of anilines is 1. The third-order valence-electron chi connectivity index (χ3n) is 4.00. The monoisotopic (exact) mass is 319 g/mol. The number of hydrogen-bond donors (Lipinski definition) is 1. The van der Waals surface area contributed by atoms with Crippen molar-refractivity contribution in [3.05, 3.63) is 28.3 Å². The van der Waals surface area contributed by atoms with E-state index in [2.05, 4.69) is 0 Å². The number of methoxy groups -OCH3 is 1. The second-order valence-corrected chi connectivity index (χ2v) is 5.44. The van der Waals surface area contributed by atoms with Crippen molar-refractivity contribution in [2.24, 2.45) is 0 Å². The minimum absolute atomic E-state index is 0.0843. The first-order valence-electron chi connectivity index (χ1n) is 7.39. The van der Waals surface area contributed by atoms with Gasteiger partial charge in [-0.05, 0) is 27.2 Å². The maximum atomic E-state index is 12.1. The van der Waals surface area contributed by atoms with Crippen molar-refractivity contribution >= 4 is 17.6 Å². The summed E-state index contributed by atoms with van der Waals surface area (Å²) in [5, 5.41) is 0. The van der Waals surface area contributed by atoms with Crippen molar-refractivity contribution in [1.29, 1.82) is 0 Å². The van der Waals surface area contributed by atoms with Crippen molar-refractivity contribution in [2.75, 3.05) is 12.8 Å². The van der Waals surface area contributed by atoms with Gasteiger partial charge in [-0.25, -0.2) is 4.79 Å². The van der Waals surface area contributed by atoms with Crippen LogP contribution in [-0.2, 0) is 16.1 Å². The molecule has 23 heavy (non-hydrogen) atoms. The van der Waals surface area contributed by atoms with Crippen LogP contribution in [0.4, 0.5) is 5.69 Å². The van der Waals surface area contributed by atoms with Gasteiger partial charge in [-0.2, -0.15) is 0 Å². The van der Waals surface area contributed by atoms with E-state index in [1.807, 2.05) is 19.9 Å². The Balaban J connectivity index is 2.35. The summed E-state index contributed by atoms with van der Waals surface area (Å²) < 4.78 is 15.7. The Kier molecular flexibility index (Phi) is 4.93. The van der Waals surface area contributed by atoms with Gasteiger partial charge >= 0.3 is 11.9 Å². The highest BCUT2D eigenvalue weighted by molar-refractivity contribution is 6.02. The van der Waals surface area contributed by atoms with Gasteiger partial charge in [-0.15, -0.1) is 0 Å². The molecule has 2 rings (SSSR count). The van der Waals surface area contributed by atoms with E-state index in [1.54, 1.807) is 6.92 Å². The summed E-state index contributed by atoms with van der Waals surface area (Å²) in [4.78, 5) is 23.9. The van der Waals surface area contributed by atoms with Gasteiger partial charge in [-0.3, -0.25) is 4.79 Å². The van der Waals surface area contributed by atoms with E-state index in [1.165, 1.54) is 7.11 Å². The summed E-state index contributed by atoms with van der Waals surface area (Å²) in [6.45, 7) is 5.78. The summed E-state index contributed by atoms with van der Waals surface area (Å²) in [5.74, 6) is -0.492. The minimum atomic E-state index is -0.509. The lowest BCUT2D eigenvalue weighted by Gasteiger charge is -2.16. The molecule has 0 aromatic heterocycles. The van der Waals surface area contributed by atoms with Gasteiger partial charge in [0.05, 0.1) is 18.4 Å². The molecule has 0 amide bonds. The molecule has 0 spiro atoms. The first kappa shape index (κ1) is 16.9. The lowest BCUT2D eigenvalue weighted by atomic mass is 10.00. The second kappa shape index (κ2) is 6.73. The highest BCUT2D eigenvalue weighted by atomic mass is 16.6. The number of carbonyl (C=O) groups excluding carboxylic acids is 2. The Morgan fingerprint density at radius 1 is 1.35 bits per heavy atom. The number of carbonyl (C=O) groups is 2. The zero-order chi connectivity index (χ0) is 17.1. The number of hydrogen-bond acceptors (Lipinski definition) is 6. The molecule has 2 N–H and O–H groups in total. The largest absolute Gasteiger partial charge is 0.492 e. The lowest BCUT2D eigenvalue weighted by molar-refractivity contribution is -0.134. The Hall–Kier alpha value is -2.50. The maximum Gasteiger partial charge on any atom is 0.341 e. The molecule has 0 saturated carbocycles. The molecule has 0 radical (unpaired) electrons. The topological polar surface area (TPSA) is 87.8 Å². The van der Waals surface area contributed by atoms with Gasteiger partial charge in [0.15, 0.2) is 11.5 Å². The number of nitrogen functional groups attached to an aromatic ring is 1. The molecule has 1 aliphatic heterocycles. The number of esters is 2. The normalized spacial score (nSPS) is 13.6. The maximum absolute atomic E-state index is 12.1. The molecular formula is C17H21NO5. The number of benzene rings is 1. The van der Waals surface area contributed by atoms with Crippen LogP contribution in [0.5, 0.6) is 11.5 Å². The van der Waals surface area contributed by atoms with Crippen molar-refractivity contribution < 1.29 is 23.8 Å². The molecule has 6 nitrogen and oxygen atoms in total. The van der Waals surface area contributed by atoms with Crippen LogP contribution in [0.3, 0.4) is 0 Å². The van der Waals surface area contributed by atoms with E-state index in [0.29, 0.717) is 23.3 Å².